The predicted octanol–water partition coefficient (Wildman–Crippen LogP) is 3.41. The first-order valence-corrected chi connectivity index (χ1v) is 8.03. The number of benzene rings is 1. The molecule has 0 amide bonds. The van der Waals surface area contributed by atoms with Crippen LogP contribution in [0.5, 0.6) is 11.5 Å². The van der Waals surface area contributed by atoms with Crippen LogP contribution in [0.25, 0.3) is 0 Å². The average molecular weight is 324 g/mol. The Bertz CT molecular complexity index is 786. The Morgan fingerprint density at radius 3 is 2.62 bits per heavy atom. The zero-order chi connectivity index (χ0) is 17.3. The van der Waals surface area contributed by atoms with E-state index in [1.807, 2.05) is 25.1 Å². The van der Waals surface area contributed by atoms with Crippen LogP contribution in [0.4, 0.5) is 0 Å². The van der Waals surface area contributed by atoms with Crippen molar-refractivity contribution in [1.29, 1.82) is 5.26 Å². The van der Waals surface area contributed by atoms with Crippen molar-refractivity contribution in [2.75, 3.05) is 14.2 Å². The molecule has 0 saturated carbocycles. The molecule has 1 heterocycles. The Hall–Kier alpha value is -2.61. The number of carbonyl (C=O) groups is 1. The number of allylic oxidation sites excluding steroid dienone is 2. The molecule has 0 radical (unpaired) electrons. The van der Waals surface area contributed by atoms with Crippen molar-refractivity contribution < 1.29 is 14.3 Å². The number of nitriles is 1. The van der Waals surface area contributed by atoms with E-state index < -0.39 is 5.92 Å². The Morgan fingerprint density at radius 2 is 1.96 bits per heavy atom. The summed E-state index contributed by atoms with van der Waals surface area (Å²) in [5.74, 6) is 0.587. The van der Waals surface area contributed by atoms with Gasteiger partial charge in [0.15, 0.2) is 17.3 Å². The van der Waals surface area contributed by atoms with Gasteiger partial charge in [0.2, 0.25) is 0 Å². The second-order valence-corrected chi connectivity index (χ2v) is 6.09. The minimum absolute atomic E-state index is 0.104. The highest BCUT2D eigenvalue weighted by atomic mass is 16.5. The summed E-state index contributed by atoms with van der Waals surface area (Å²) >= 11 is 0. The van der Waals surface area contributed by atoms with Crippen LogP contribution in [0, 0.1) is 17.2 Å². The lowest BCUT2D eigenvalue weighted by Crippen LogP contribution is -2.30. The van der Waals surface area contributed by atoms with Crippen LogP contribution in [0.15, 0.2) is 34.5 Å². The first kappa shape index (κ1) is 16.3. The zero-order valence-electron chi connectivity index (χ0n) is 14.1. The summed E-state index contributed by atoms with van der Waals surface area (Å²) in [7, 11) is 3.16. The van der Waals surface area contributed by atoms with E-state index in [4.69, 9.17) is 9.47 Å². The maximum Gasteiger partial charge on any atom is 0.161 e. The summed E-state index contributed by atoms with van der Waals surface area (Å²) in [5.41, 5.74) is 3.20. The second kappa shape index (κ2) is 6.48. The van der Waals surface area contributed by atoms with Crippen molar-refractivity contribution in [3.63, 3.8) is 0 Å². The van der Waals surface area contributed by atoms with Gasteiger partial charge in [0.05, 0.1) is 26.2 Å². The molecule has 5 heteroatoms. The third kappa shape index (κ3) is 2.58. The van der Waals surface area contributed by atoms with E-state index in [2.05, 4.69) is 11.1 Å². The van der Waals surface area contributed by atoms with Gasteiger partial charge in [0, 0.05) is 29.3 Å². The molecule has 2 atom stereocenters. The number of ketones is 1. The van der Waals surface area contributed by atoms with Crippen molar-refractivity contribution in [2.24, 2.45) is 10.9 Å². The second-order valence-electron chi connectivity index (χ2n) is 6.09. The summed E-state index contributed by atoms with van der Waals surface area (Å²) in [6.45, 7) is 1.87. The molecule has 1 aliphatic heterocycles. The molecule has 0 fully saturated rings. The van der Waals surface area contributed by atoms with Crippen LogP contribution >= 0.6 is 0 Å². The molecule has 24 heavy (non-hydrogen) atoms. The van der Waals surface area contributed by atoms with Gasteiger partial charge in [0.25, 0.3) is 0 Å². The minimum Gasteiger partial charge on any atom is -0.493 e. The van der Waals surface area contributed by atoms with Gasteiger partial charge in [0.1, 0.15) is 0 Å². The van der Waals surface area contributed by atoms with E-state index >= 15 is 0 Å². The fourth-order valence-electron chi connectivity index (χ4n) is 3.58. The third-order valence-corrected chi connectivity index (χ3v) is 4.74. The van der Waals surface area contributed by atoms with Crippen LogP contribution in [-0.2, 0) is 4.79 Å². The zero-order valence-corrected chi connectivity index (χ0v) is 14.1. The lowest BCUT2D eigenvalue weighted by atomic mass is 9.72. The van der Waals surface area contributed by atoms with Crippen molar-refractivity contribution in [1.82, 2.24) is 0 Å². The van der Waals surface area contributed by atoms with E-state index in [0.717, 1.165) is 29.8 Å². The molecular formula is C19H20N2O3. The maximum atomic E-state index is 12.6. The molecule has 0 spiro atoms. The Labute approximate surface area is 141 Å². The topological polar surface area (TPSA) is 71.7 Å². The fourth-order valence-corrected chi connectivity index (χ4v) is 3.58. The summed E-state index contributed by atoms with van der Waals surface area (Å²) < 4.78 is 10.7. The van der Waals surface area contributed by atoms with E-state index in [1.54, 1.807) is 14.2 Å². The van der Waals surface area contributed by atoms with Crippen LogP contribution in [0.3, 0.4) is 0 Å². The Morgan fingerprint density at radius 1 is 1.21 bits per heavy atom. The third-order valence-electron chi connectivity index (χ3n) is 4.74. The molecule has 124 valence electrons. The summed E-state index contributed by atoms with van der Waals surface area (Å²) in [5, 5.41) is 9.68. The number of nitrogens with zero attached hydrogens (tertiary/aromatic N) is 2. The van der Waals surface area contributed by atoms with Crippen molar-refractivity contribution in [2.45, 2.75) is 32.1 Å². The molecule has 0 bridgehead atoms. The number of ether oxygens (including phenoxy) is 2. The summed E-state index contributed by atoms with van der Waals surface area (Å²) in [4.78, 5) is 17.1. The largest absolute Gasteiger partial charge is 0.493 e. The van der Waals surface area contributed by atoms with Crippen LogP contribution in [0.1, 0.15) is 37.7 Å². The van der Waals surface area contributed by atoms with Gasteiger partial charge in [-0.25, -0.2) is 0 Å². The molecule has 2 aliphatic rings. The molecule has 0 aromatic heterocycles. The first-order chi connectivity index (χ1) is 11.6. The van der Waals surface area contributed by atoms with Gasteiger partial charge in [-0.3, -0.25) is 9.79 Å². The standard InChI is InChI=1S/C19H20N2O3/c1-11-13(10-20)18(19-14(21-11)5-4-6-15(19)22)12-7-8-16(23-2)17(9-12)24-3/h7-9,13,18H,4-6H2,1-3H3/t13?,18-/m0/s1. The van der Waals surface area contributed by atoms with Crippen molar-refractivity contribution >= 4 is 11.5 Å². The minimum atomic E-state index is -0.441. The molecule has 1 aliphatic carbocycles. The highest BCUT2D eigenvalue weighted by molar-refractivity contribution is 6.03. The lowest BCUT2D eigenvalue weighted by molar-refractivity contribution is -0.116. The molecule has 0 N–H and O–H groups in total. The number of methoxy groups -OCH3 is 2. The molecule has 0 saturated heterocycles. The summed E-state index contributed by atoms with van der Waals surface area (Å²) in [6, 6.07) is 7.91. The van der Waals surface area contributed by atoms with E-state index in [9.17, 15) is 10.1 Å². The van der Waals surface area contributed by atoms with E-state index in [-0.39, 0.29) is 11.7 Å². The number of rotatable bonds is 3. The Kier molecular flexibility index (Phi) is 4.39. The number of Topliss-reactive ketones (excluding diaryl/α,β-unsaturated/α-hetero) is 1. The van der Waals surface area contributed by atoms with E-state index in [0.29, 0.717) is 23.5 Å². The van der Waals surface area contributed by atoms with Gasteiger partial charge in [-0.1, -0.05) is 6.07 Å². The normalized spacial score (nSPS) is 23.2. The number of carbonyl (C=O) groups excluding carboxylic acids is 1. The predicted molar refractivity (Wildman–Crippen MR) is 90.4 cm³/mol. The van der Waals surface area contributed by atoms with Crippen LogP contribution in [-0.4, -0.2) is 25.7 Å². The SMILES string of the molecule is COc1ccc([C@@H]2C3=C(CCCC3=O)N=C(C)C2C#N)cc1OC. The average Bonchev–Trinajstić information content (AvgIpc) is 2.60. The summed E-state index contributed by atoms with van der Waals surface area (Å²) in [6.07, 6.45) is 2.14. The van der Waals surface area contributed by atoms with Crippen LogP contribution < -0.4 is 9.47 Å². The molecular weight excluding hydrogens is 304 g/mol. The molecule has 1 aromatic carbocycles. The molecule has 1 unspecified atom stereocenters. The van der Waals surface area contributed by atoms with Gasteiger partial charge in [-0.15, -0.1) is 0 Å². The number of aliphatic imine (C=N–C) groups is 1. The van der Waals surface area contributed by atoms with Crippen molar-refractivity contribution in [3.05, 3.63) is 35.0 Å². The Balaban J connectivity index is 2.16. The van der Waals surface area contributed by atoms with Crippen molar-refractivity contribution in [3.8, 4) is 17.6 Å². The van der Waals surface area contributed by atoms with Gasteiger partial charge >= 0.3 is 0 Å². The highest BCUT2D eigenvalue weighted by Crippen LogP contribution is 2.44. The van der Waals surface area contributed by atoms with Gasteiger partial charge in [-0.05, 0) is 37.5 Å². The molecule has 1 aromatic rings. The monoisotopic (exact) mass is 324 g/mol. The number of hydrogen-bond donors (Lipinski definition) is 0. The van der Waals surface area contributed by atoms with Crippen LogP contribution in [0.2, 0.25) is 0 Å². The number of hydrogen-bond acceptors (Lipinski definition) is 5. The molecule has 3 rings (SSSR count). The van der Waals surface area contributed by atoms with E-state index in [1.165, 1.54) is 0 Å². The quantitative estimate of drug-likeness (QED) is 0.854. The fraction of sp³-hybridized carbons (Fsp3) is 0.421. The maximum absolute atomic E-state index is 12.6. The lowest BCUT2D eigenvalue weighted by Gasteiger charge is -2.32. The van der Waals surface area contributed by atoms with Gasteiger partial charge in [-0.2, -0.15) is 5.26 Å². The molecule has 5 nitrogen and oxygen atoms in total. The van der Waals surface area contributed by atoms with Gasteiger partial charge < -0.3 is 9.47 Å². The first-order valence-electron chi connectivity index (χ1n) is 8.03. The smallest absolute Gasteiger partial charge is 0.161 e. The highest BCUT2D eigenvalue weighted by Gasteiger charge is 2.39.